The van der Waals surface area contributed by atoms with Gasteiger partial charge in [0.25, 0.3) is 5.91 Å². The van der Waals surface area contributed by atoms with Crippen LogP contribution in [-0.2, 0) is 0 Å². The Kier molecular flexibility index (Phi) is 6.37. The molecule has 1 aromatic heterocycles. The Labute approximate surface area is 167 Å². The smallest absolute Gasteiger partial charge is 0.273 e. The van der Waals surface area contributed by atoms with Gasteiger partial charge >= 0.3 is 0 Å². The zero-order chi connectivity index (χ0) is 18.7. The standard InChI is InChI=1S/C19H24BrClN4O/c1-12(2)17-16(20)18(24-23-17)19(26)22-11-15(25-8-3-4-9-25)13-6-5-7-14(21)10-13/h5-7,10,12,15H,3-4,8-9,11H2,1-2H3,(H,22,26)(H,23,24). The van der Waals surface area contributed by atoms with Crippen molar-refractivity contribution in [3.05, 3.63) is 50.7 Å². The SMILES string of the molecule is CC(C)c1[nH]nc(C(=O)NCC(c2cccc(Cl)c2)N2CCCC2)c1Br. The van der Waals surface area contributed by atoms with Crippen LogP contribution in [0.1, 0.15) is 60.4 Å². The van der Waals surface area contributed by atoms with Crippen LogP contribution >= 0.6 is 27.5 Å². The minimum atomic E-state index is -0.175. The highest BCUT2D eigenvalue weighted by Gasteiger charge is 2.25. The van der Waals surface area contributed by atoms with E-state index < -0.39 is 0 Å². The molecule has 7 heteroatoms. The molecule has 1 amide bonds. The van der Waals surface area contributed by atoms with Crippen molar-refractivity contribution in [2.75, 3.05) is 19.6 Å². The fourth-order valence-electron chi connectivity index (χ4n) is 3.37. The van der Waals surface area contributed by atoms with Gasteiger partial charge < -0.3 is 5.32 Å². The van der Waals surface area contributed by atoms with Crippen LogP contribution in [0, 0.1) is 0 Å². The molecule has 5 nitrogen and oxygen atoms in total. The molecule has 1 aromatic carbocycles. The van der Waals surface area contributed by atoms with Crippen LogP contribution < -0.4 is 5.32 Å². The summed E-state index contributed by atoms with van der Waals surface area (Å²) in [5.74, 6) is 0.0912. The van der Waals surface area contributed by atoms with Crippen molar-refractivity contribution < 1.29 is 4.79 Å². The first kappa shape index (κ1) is 19.4. The summed E-state index contributed by atoms with van der Waals surface area (Å²) in [6, 6.07) is 8.00. The number of nitrogens with one attached hydrogen (secondary N) is 2. The molecular weight excluding hydrogens is 416 g/mol. The number of H-pyrrole nitrogens is 1. The van der Waals surface area contributed by atoms with Crippen LogP contribution in [0.15, 0.2) is 28.7 Å². The van der Waals surface area contributed by atoms with Crippen LogP contribution in [-0.4, -0.2) is 40.6 Å². The van der Waals surface area contributed by atoms with Crippen molar-refractivity contribution in [3.8, 4) is 0 Å². The maximum atomic E-state index is 12.7. The number of carbonyl (C=O) groups excluding carboxylic acids is 1. The van der Waals surface area contributed by atoms with Crippen molar-refractivity contribution in [1.82, 2.24) is 20.4 Å². The summed E-state index contributed by atoms with van der Waals surface area (Å²) < 4.78 is 0.741. The molecule has 0 spiro atoms. The molecule has 26 heavy (non-hydrogen) atoms. The number of carbonyl (C=O) groups is 1. The summed E-state index contributed by atoms with van der Waals surface area (Å²) in [4.78, 5) is 15.1. The summed E-state index contributed by atoms with van der Waals surface area (Å²) in [6.07, 6.45) is 2.38. The topological polar surface area (TPSA) is 61.0 Å². The highest BCUT2D eigenvalue weighted by Crippen LogP contribution is 2.28. The summed E-state index contributed by atoms with van der Waals surface area (Å²) in [5, 5.41) is 10.9. The van der Waals surface area contributed by atoms with Gasteiger partial charge in [0.2, 0.25) is 0 Å². The molecule has 1 atom stereocenters. The quantitative estimate of drug-likeness (QED) is 0.696. The average molecular weight is 440 g/mol. The number of hydrogen-bond acceptors (Lipinski definition) is 3. The summed E-state index contributed by atoms with van der Waals surface area (Å²) in [5.41, 5.74) is 2.46. The number of aromatic amines is 1. The van der Waals surface area contributed by atoms with Gasteiger partial charge in [-0.25, -0.2) is 0 Å². The number of aromatic nitrogens is 2. The Bertz CT molecular complexity index is 771. The monoisotopic (exact) mass is 438 g/mol. The van der Waals surface area contributed by atoms with Crippen LogP contribution in [0.5, 0.6) is 0 Å². The van der Waals surface area contributed by atoms with Crippen molar-refractivity contribution >= 4 is 33.4 Å². The van der Waals surface area contributed by atoms with E-state index in [9.17, 15) is 4.79 Å². The molecule has 1 fully saturated rings. The molecule has 3 rings (SSSR count). The fraction of sp³-hybridized carbons (Fsp3) is 0.474. The highest BCUT2D eigenvalue weighted by atomic mass is 79.9. The molecule has 0 radical (unpaired) electrons. The first-order valence-corrected chi connectivity index (χ1v) is 10.2. The number of benzene rings is 1. The lowest BCUT2D eigenvalue weighted by atomic mass is 10.1. The van der Waals surface area contributed by atoms with E-state index in [1.807, 2.05) is 18.2 Å². The first-order chi connectivity index (χ1) is 12.5. The number of nitrogens with zero attached hydrogens (tertiary/aromatic N) is 2. The van der Waals surface area contributed by atoms with Gasteiger partial charge in [0, 0.05) is 11.6 Å². The normalized spacial score (nSPS) is 16.2. The third kappa shape index (κ3) is 4.30. The minimum Gasteiger partial charge on any atom is -0.349 e. The van der Waals surface area contributed by atoms with Gasteiger partial charge in [-0.1, -0.05) is 37.6 Å². The summed E-state index contributed by atoms with van der Waals surface area (Å²) in [7, 11) is 0. The van der Waals surface area contributed by atoms with Gasteiger partial charge in [0.05, 0.1) is 16.2 Å². The van der Waals surface area contributed by atoms with Gasteiger partial charge in [-0.3, -0.25) is 14.8 Å². The van der Waals surface area contributed by atoms with Crippen LogP contribution in [0.25, 0.3) is 0 Å². The second kappa shape index (κ2) is 8.55. The van der Waals surface area contributed by atoms with Gasteiger partial charge in [-0.05, 0) is 65.5 Å². The molecule has 1 saturated heterocycles. The second-order valence-corrected chi connectivity index (χ2v) is 8.21. The predicted molar refractivity (Wildman–Crippen MR) is 108 cm³/mol. The highest BCUT2D eigenvalue weighted by molar-refractivity contribution is 9.10. The van der Waals surface area contributed by atoms with Crippen molar-refractivity contribution in [2.45, 2.75) is 38.6 Å². The Morgan fingerprint density at radius 3 is 2.73 bits per heavy atom. The molecule has 0 bridgehead atoms. The van der Waals surface area contributed by atoms with Gasteiger partial charge in [0.15, 0.2) is 5.69 Å². The maximum absolute atomic E-state index is 12.7. The zero-order valence-corrected chi connectivity index (χ0v) is 17.4. The lowest BCUT2D eigenvalue weighted by Gasteiger charge is -2.28. The van der Waals surface area contributed by atoms with Crippen LogP contribution in [0.3, 0.4) is 0 Å². The Hall–Kier alpha value is -1.37. The van der Waals surface area contributed by atoms with E-state index in [1.165, 1.54) is 12.8 Å². The van der Waals surface area contributed by atoms with E-state index in [0.717, 1.165) is 33.8 Å². The molecule has 2 heterocycles. The number of halogens is 2. The number of likely N-dealkylation sites (tertiary alicyclic amines) is 1. The second-order valence-electron chi connectivity index (χ2n) is 6.98. The molecule has 0 aliphatic carbocycles. The molecule has 1 aliphatic rings. The number of amides is 1. The van der Waals surface area contributed by atoms with Crippen molar-refractivity contribution in [1.29, 1.82) is 0 Å². The minimum absolute atomic E-state index is 0.113. The largest absolute Gasteiger partial charge is 0.349 e. The van der Waals surface area contributed by atoms with Gasteiger partial charge in [-0.15, -0.1) is 0 Å². The zero-order valence-electron chi connectivity index (χ0n) is 15.1. The van der Waals surface area contributed by atoms with Crippen LogP contribution in [0.2, 0.25) is 5.02 Å². The molecular formula is C19H24BrClN4O. The summed E-state index contributed by atoms with van der Waals surface area (Å²) >= 11 is 9.68. The van der Waals surface area contributed by atoms with Crippen molar-refractivity contribution in [3.63, 3.8) is 0 Å². The summed E-state index contributed by atoms with van der Waals surface area (Å²) in [6.45, 7) is 6.72. The molecule has 0 saturated carbocycles. The Balaban J connectivity index is 1.74. The van der Waals surface area contributed by atoms with Gasteiger partial charge in [-0.2, -0.15) is 5.10 Å². The van der Waals surface area contributed by atoms with E-state index >= 15 is 0 Å². The number of hydrogen-bond donors (Lipinski definition) is 2. The maximum Gasteiger partial charge on any atom is 0.273 e. The Morgan fingerprint density at radius 1 is 1.38 bits per heavy atom. The van der Waals surface area contributed by atoms with E-state index in [-0.39, 0.29) is 17.9 Å². The van der Waals surface area contributed by atoms with Crippen molar-refractivity contribution in [2.24, 2.45) is 0 Å². The number of rotatable bonds is 6. The van der Waals surface area contributed by atoms with E-state index in [2.05, 4.69) is 56.3 Å². The third-order valence-corrected chi connectivity index (χ3v) is 5.83. The average Bonchev–Trinajstić information content (AvgIpc) is 3.25. The molecule has 2 aromatic rings. The van der Waals surface area contributed by atoms with Crippen LogP contribution in [0.4, 0.5) is 0 Å². The predicted octanol–water partition coefficient (Wildman–Crippen LogP) is 4.52. The lowest BCUT2D eigenvalue weighted by Crippen LogP contribution is -2.37. The third-order valence-electron chi connectivity index (χ3n) is 4.80. The lowest BCUT2D eigenvalue weighted by molar-refractivity contribution is 0.0932. The molecule has 1 unspecified atom stereocenters. The Morgan fingerprint density at radius 2 is 2.12 bits per heavy atom. The molecule has 140 valence electrons. The molecule has 1 aliphatic heterocycles. The molecule has 2 N–H and O–H groups in total. The van der Waals surface area contributed by atoms with E-state index in [4.69, 9.17) is 11.6 Å². The van der Waals surface area contributed by atoms with E-state index in [0.29, 0.717) is 12.2 Å². The first-order valence-electron chi connectivity index (χ1n) is 8.99. The fourth-order valence-corrected chi connectivity index (χ4v) is 4.39. The van der Waals surface area contributed by atoms with E-state index in [1.54, 1.807) is 0 Å². The van der Waals surface area contributed by atoms with Gasteiger partial charge in [0.1, 0.15) is 0 Å².